The van der Waals surface area contributed by atoms with E-state index in [2.05, 4.69) is 12.2 Å². The first kappa shape index (κ1) is 12.5. The second kappa shape index (κ2) is 6.11. The van der Waals surface area contributed by atoms with Crippen LogP contribution in [0.3, 0.4) is 0 Å². The van der Waals surface area contributed by atoms with E-state index in [0.29, 0.717) is 6.42 Å². The van der Waals surface area contributed by atoms with Crippen molar-refractivity contribution < 1.29 is 4.79 Å². The molecule has 0 aliphatic heterocycles. The van der Waals surface area contributed by atoms with E-state index in [0.717, 1.165) is 45.1 Å². The highest BCUT2D eigenvalue weighted by Crippen LogP contribution is 2.30. The van der Waals surface area contributed by atoms with Crippen LogP contribution in [0, 0.1) is 0 Å². The van der Waals surface area contributed by atoms with Crippen molar-refractivity contribution in [3.8, 4) is 0 Å². The van der Waals surface area contributed by atoms with Gasteiger partial charge in [-0.15, -0.1) is 0 Å². The molecule has 1 aliphatic rings. The van der Waals surface area contributed by atoms with Crippen LogP contribution in [0.5, 0.6) is 0 Å². The SMILES string of the molecule is CC1(NC(=O)CCCCCCN)CCC1. The first-order valence-electron chi connectivity index (χ1n) is 6.17. The van der Waals surface area contributed by atoms with Crippen LogP contribution >= 0.6 is 0 Å². The maximum atomic E-state index is 11.5. The molecule has 0 aromatic carbocycles. The molecule has 1 fully saturated rings. The Balaban J connectivity index is 1.98. The van der Waals surface area contributed by atoms with Gasteiger partial charge in [0.2, 0.25) is 5.91 Å². The second-order valence-corrected chi connectivity index (χ2v) is 4.92. The van der Waals surface area contributed by atoms with E-state index in [1.165, 1.54) is 6.42 Å². The van der Waals surface area contributed by atoms with Crippen molar-refractivity contribution in [2.45, 2.75) is 63.8 Å². The van der Waals surface area contributed by atoms with Crippen LogP contribution in [0.4, 0.5) is 0 Å². The van der Waals surface area contributed by atoms with E-state index < -0.39 is 0 Å². The van der Waals surface area contributed by atoms with E-state index in [1.54, 1.807) is 0 Å². The predicted molar refractivity (Wildman–Crippen MR) is 62.5 cm³/mol. The first-order chi connectivity index (χ1) is 7.16. The van der Waals surface area contributed by atoms with Gasteiger partial charge in [-0.25, -0.2) is 0 Å². The van der Waals surface area contributed by atoms with Crippen molar-refractivity contribution in [2.24, 2.45) is 5.73 Å². The van der Waals surface area contributed by atoms with Gasteiger partial charge >= 0.3 is 0 Å². The van der Waals surface area contributed by atoms with Gasteiger partial charge in [-0.2, -0.15) is 0 Å². The molecule has 1 amide bonds. The normalized spacial score (nSPS) is 18.3. The smallest absolute Gasteiger partial charge is 0.220 e. The number of carbonyl (C=O) groups is 1. The second-order valence-electron chi connectivity index (χ2n) is 4.92. The highest BCUT2D eigenvalue weighted by atomic mass is 16.1. The summed E-state index contributed by atoms with van der Waals surface area (Å²) < 4.78 is 0. The fraction of sp³-hybridized carbons (Fsp3) is 0.917. The van der Waals surface area contributed by atoms with E-state index in [-0.39, 0.29) is 11.4 Å². The number of nitrogens with one attached hydrogen (secondary N) is 1. The van der Waals surface area contributed by atoms with Crippen LogP contribution in [0.1, 0.15) is 58.3 Å². The lowest BCUT2D eigenvalue weighted by Gasteiger charge is -2.39. The van der Waals surface area contributed by atoms with Crippen molar-refractivity contribution in [3.63, 3.8) is 0 Å². The summed E-state index contributed by atoms with van der Waals surface area (Å²) >= 11 is 0. The number of unbranched alkanes of at least 4 members (excludes halogenated alkanes) is 3. The molecular formula is C12H24N2O. The molecule has 15 heavy (non-hydrogen) atoms. The van der Waals surface area contributed by atoms with E-state index >= 15 is 0 Å². The predicted octanol–water partition coefficient (Wildman–Crippen LogP) is 1.95. The van der Waals surface area contributed by atoms with Crippen molar-refractivity contribution in [1.82, 2.24) is 5.32 Å². The molecule has 1 rings (SSSR count). The number of amides is 1. The fourth-order valence-electron chi connectivity index (χ4n) is 2.01. The van der Waals surface area contributed by atoms with Gasteiger partial charge in [0.05, 0.1) is 0 Å². The molecular weight excluding hydrogens is 188 g/mol. The van der Waals surface area contributed by atoms with Gasteiger partial charge in [0, 0.05) is 12.0 Å². The number of carbonyl (C=O) groups excluding carboxylic acids is 1. The zero-order valence-corrected chi connectivity index (χ0v) is 9.85. The summed E-state index contributed by atoms with van der Waals surface area (Å²) in [6.45, 7) is 2.91. The standard InChI is InChI=1S/C12H24N2O/c1-12(8-6-9-12)14-11(15)7-4-2-3-5-10-13/h2-10,13H2,1H3,(H,14,15). The van der Waals surface area contributed by atoms with Crippen LogP contribution < -0.4 is 11.1 Å². The Bertz CT molecular complexity index is 200. The van der Waals surface area contributed by atoms with Gasteiger partial charge in [0.25, 0.3) is 0 Å². The summed E-state index contributed by atoms with van der Waals surface area (Å²) in [7, 11) is 0. The highest BCUT2D eigenvalue weighted by Gasteiger charge is 2.32. The minimum absolute atomic E-state index is 0.119. The largest absolute Gasteiger partial charge is 0.351 e. The van der Waals surface area contributed by atoms with Crippen molar-refractivity contribution >= 4 is 5.91 Å². The van der Waals surface area contributed by atoms with E-state index in [1.807, 2.05) is 0 Å². The molecule has 0 spiro atoms. The van der Waals surface area contributed by atoms with Gasteiger partial charge in [-0.3, -0.25) is 4.79 Å². The van der Waals surface area contributed by atoms with Crippen LogP contribution in [0.25, 0.3) is 0 Å². The molecule has 3 nitrogen and oxygen atoms in total. The Morgan fingerprint density at radius 1 is 1.27 bits per heavy atom. The summed E-state index contributed by atoms with van der Waals surface area (Å²) in [5.41, 5.74) is 5.52. The number of hydrogen-bond donors (Lipinski definition) is 2. The summed E-state index contributed by atoms with van der Waals surface area (Å²) in [5.74, 6) is 0.227. The molecule has 0 radical (unpaired) electrons. The van der Waals surface area contributed by atoms with Crippen molar-refractivity contribution in [3.05, 3.63) is 0 Å². The third-order valence-corrected chi connectivity index (χ3v) is 3.26. The van der Waals surface area contributed by atoms with Crippen LogP contribution in [0.15, 0.2) is 0 Å². The maximum Gasteiger partial charge on any atom is 0.220 e. The summed E-state index contributed by atoms with van der Waals surface area (Å²) in [6, 6.07) is 0. The molecule has 0 heterocycles. The molecule has 1 saturated carbocycles. The summed E-state index contributed by atoms with van der Waals surface area (Å²) in [6.07, 6.45) is 8.59. The minimum Gasteiger partial charge on any atom is -0.351 e. The average molecular weight is 212 g/mol. The van der Waals surface area contributed by atoms with E-state index in [4.69, 9.17) is 5.73 Å². The average Bonchev–Trinajstić information content (AvgIpc) is 2.15. The van der Waals surface area contributed by atoms with Crippen LogP contribution in [-0.2, 0) is 4.79 Å². The minimum atomic E-state index is 0.119. The molecule has 0 saturated heterocycles. The Kier molecular flexibility index (Phi) is 5.09. The van der Waals surface area contributed by atoms with Crippen LogP contribution in [-0.4, -0.2) is 18.0 Å². The van der Waals surface area contributed by atoms with E-state index in [9.17, 15) is 4.79 Å². The molecule has 0 unspecified atom stereocenters. The molecule has 0 atom stereocenters. The summed E-state index contributed by atoms with van der Waals surface area (Å²) in [5, 5.41) is 3.12. The molecule has 88 valence electrons. The number of nitrogens with two attached hydrogens (primary N) is 1. The highest BCUT2D eigenvalue weighted by molar-refractivity contribution is 5.76. The molecule has 0 bridgehead atoms. The lowest BCUT2D eigenvalue weighted by atomic mass is 9.78. The topological polar surface area (TPSA) is 55.1 Å². The summed E-state index contributed by atoms with van der Waals surface area (Å²) in [4.78, 5) is 11.5. The molecule has 3 N–H and O–H groups in total. The molecule has 0 aromatic heterocycles. The first-order valence-corrected chi connectivity index (χ1v) is 6.17. The van der Waals surface area contributed by atoms with Gasteiger partial charge in [-0.05, 0) is 45.6 Å². The third kappa shape index (κ3) is 4.65. The Morgan fingerprint density at radius 3 is 2.47 bits per heavy atom. The Morgan fingerprint density at radius 2 is 1.93 bits per heavy atom. The molecule has 0 aromatic rings. The lowest BCUT2D eigenvalue weighted by molar-refractivity contribution is -0.123. The Hall–Kier alpha value is -0.570. The molecule has 1 aliphatic carbocycles. The maximum absolute atomic E-state index is 11.5. The molecule has 3 heteroatoms. The quantitative estimate of drug-likeness (QED) is 0.634. The fourth-order valence-corrected chi connectivity index (χ4v) is 2.01. The van der Waals surface area contributed by atoms with Crippen LogP contribution in [0.2, 0.25) is 0 Å². The lowest BCUT2D eigenvalue weighted by Crippen LogP contribution is -2.50. The van der Waals surface area contributed by atoms with Crippen molar-refractivity contribution in [1.29, 1.82) is 0 Å². The number of rotatable bonds is 7. The Labute approximate surface area is 92.8 Å². The van der Waals surface area contributed by atoms with Crippen molar-refractivity contribution in [2.75, 3.05) is 6.54 Å². The zero-order chi connectivity index (χ0) is 11.1. The van der Waals surface area contributed by atoms with Gasteiger partial charge in [0.15, 0.2) is 0 Å². The van der Waals surface area contributed by atoms with Gasteiger partial charge < -0.3 is 11.1 Å². The third-order valence-electron chi connectivity index (χ3n) is 3.26. The van der Waals surface area contributed by atoms with Gasteiger partial charge in [0.1, 0.15) is 0 Å². The monoisotopic (exact) mass is 212 g/mol. The zero-order valence-electron chi connectivity index (χ0n) is 9.85. The van der Waals surface area contributed by atoms with Gasteiger partial charge in [-0.1, -0.05) is 12.8 Å². The number of hydrogen-bond acceptors (Lipinski definition) is 2.